The number of rotatable bonds is 3. The first-order valence-corrected chi connectivity index (χ1v) is 8.15. The smallest absolute Gasteiger partial charge is 0.277 e. The van der Waals surface area contributed by atoms with Gasteiger partial charge in [-0.1, -0.05) is 18.5 Å². The minimum absolute atomic E-state index is 0.417. The average Bonchev–Trinajstić information content (AvgIpc) is 2.99. The van der Waals surface area contributed by atoms with Crippen LogP contribution in [0.2, 0.25) is 0 Å². The van der Waals surface area contributed by atoms with E-state index in [0.717, 1.165) is 36.1 Å². The van der Waals surface area contributed by atoms with Crippen LogP contribution in [-0.2, 0) is 5.54 Å². The SMILES string of the molecule is CCC1CCC(N)(c2noc(-c3ncccc3Br)n2)CC1. The molecule has 2 aromatic heterocycles. The Morgan fingerprint density at radius 2 is 2.19 bits per heavy atom. The highest BCUT2D eigenvalue weighted by Crippen LogP contribution is 2.38. The highest BCUT2D eigenvalue weighted by Gasteiger charge is 2.37. The van der Waals surface area contributed by atoms with Gasteiger partial charge in [0, 0.05) is 10.7 Å². The normalized spacial score (nSPS) is 26.0. The van der Waals surface area contributed by atoms with Gasteiger partial charge in [0.2, 0.25) is 0 Å². The van der Waals surface area contributed by atoms with Gasteiger partial charge < -0.3 is 10.3 Å². The maximum Gasteiger partial charge on any atom is 0.277 e. The number of aromatic nitrogens is 3. The molecule has 5 nitrogen and oxygen atoms in total. The van der Waals surface area contributed by atoms with E-state index >= 15 is 0 Å². The fourth-order valence-corrected chi connectivity index (χ4v) is 3.31. The second-order valence-corrected chi connectivity index (χ2v) is 6.62. The second kappa shape index (κ2) is 5.85. The maximum atomic E-state index is 6.51. The van der Waals surface area contributed by atoms with Crippen LogP contribution in [-0.4, -0.2) is 15.1 Å². The van der Waals surface area contributed by atoms with E-state index in [-0.39, 0.29) is 0 Å². The van der Waals surface area contributed by atoms with Crippen LogP contribution in [0.3, 0.4) is 0 Å². The lowest BCUT2D eigenvalue weighted by atomic mass is 9.76. The van der Waals surface area contributed by atoms with Crippen molar-refractivity contribution in [3.63, 3.8) is 0 Å². The summed E-state index contributed by atoms with van der Waals surface area (Å²) in [6.07, 6.45) is 7.00. The van der Waals surface area contributed by atoms with Gasteiger partial charge in [0.25, 0.3) is 5.89 Å². The molecule has 21 heavy (non-hydrogen) atoms. The molecule has 1 saturated carbocycles. The molecule has 3 rings (SSSR count). The van der Waals surface area contributed by atoms with E-state index in [0.29, 0.717) is 17.4 Å². The van der Waals surface area contributed by atoms with Crippen LogP contribution < -0.4 is 5.73 Å². The van der Waals surface area contributed by atoms with Gasteiger partial charge in [0.05, 0.1) is 5.54 Å². The molecule has 1 fully saturated rings. The Hall–Kier alpha value is -1.27. The van der Waals surface area contributed by atoms with Gasteiger partial charge in [-0.05, 0) is 59.7 Å². The van der Waals surface area contributed by atoms with E-state index in [1.54, 1.807) is 6.20 Å². The molecule has 0 amide bonds. The minimum atomic E-state index is -0.464. The molecular weight excluding hydrogens is 332 g/mol. The first-order valence-electron chi connectivity index (χ1n) is 7.36. The molecule has 0 spiro atoms. The van der Waals surface area contributed by atoms with Crippen molar-refractivity contribution in [3.8, 4) is 11.6 Å². The minimum Gasteiger partial charge on any atom is -0.332 e. The van der Waals surface area contributed by atoms with Crippen LogP contribution in [0.4, 0.5) is 0 Å². The first-order chi connectivity index (χ1) is 10.1. The van der Waals surface area contributed by atoms with E-state index in [1.807, 2.05) is 12.1 Å². The van der Waals surface area contributed by atoms with Crippen LogP contribution in [0.1, 0.15) is 44.9 Å². The number of pyridine rings is 1. The molecule has 112 valence electrons. The first kappa shape index (κ1) is 14.7. The van der Waals surface area contributed by atoms with Crippen LogP contribution in [0, 0.1) is 5.92 Å². The van der Waals surface area contributed by atoms with Gasteiger partial charge in [0.1, 0.15) is 5.69 Å². The number of nitrogens with two attached hydrogens (primary N) is 1. The average molecular weight is 351 g/mol. The summed E-state index contributed by atoms with van der Waals surface area (Å²) in [5, 5.41) is 4.11. The zero-order chi connectivity index (χ0) is 14.9. The van der Waals surface area contributed by atoms with Crippen molar-refractivity contribution in [2.24, 2.45) is 11.7 Å². The Morgan fingerprint density at radius 3 is 2.86 bits per heavy atom. The molecule has 1 aliphatic rings. The quantitative estimate of drug-likeness (QED) is 0.913. The Morgan fingerprint density at radius 1 is 1.43 bits per heavy atom. The molecule has 0 unspecified atom stereocenters. The third-order valence-corrected chi connectivity index (χ3v) is 5.05. The largest absolute Gasteiger partial charge is 0.332 e. The summed E-state index contributed by atoms with van der Waals surface area (Å²) in [6.45, 7) is 2.24. The fourth-order valence-electron chi connectivity index (χ4n) is 2.89. The Kier molecular flexibility index (Phi) is 4.08. The van der Waals surface area contributed by atoms with Gasteiger partial charge in [0.15, 0.2) is 5.82 Å². The molecule has 0 bridgehead atoms. The summed E-state index contributed by atoms with van der Waals surface area (Å²) in [5.41, 5.74) is 6.70. The number of halogens is 1. The summed E-state index contributed by atoms with van der Waals surface area (Å²) >= 11 is 3.45. The van der Waals surface area contributed by atoms with Crippen molar-refractivity contribution >= 4 is 15.9 Å². The zero-order valence-electron chi connectivity index (χ0n) is 12.1. The van der Waals surface area contributed by atoms with Crippen LogP contribution in [0.25, 0.3) is 11.6 Å². The summed E-state index contributed by atoms with van der Waals surface area (Å²) in [6, 6.07) is 3.75. The molecule has 0 atom stereocenters. The lowest BCUT2D eigenvalue weighted by molar-refractivity contribution is 0.216. The third-order valence-electron chi connectivity index (χ3n) is 4.41. The number of nitrogens with zero attached hydrogens (tertiary/aromatic N) is 3. The molecule has 2 N–H and O–H groups in total. The van der Waals surface area contributed by atoms with E-state index in [1.165, 1.54) is 6.42 Å². The van der Waals surface area contributed by atoms with Crippen molar-refractivity contribution in [2.45, 2.75) is 44.6 Å². The van der Waals surface area contributed by atoms with Crippen molar-refractivity contribution < 1.29 is 4.52 Å². The van der Waals surface area contributed by atoms with Crippen molar-refractivity contribution in [1.29, 1.82) is 0 Å². The van der Waals surface area contributed by atoms with Crippen LogP contribution in [0.15, 0.2) is 27.3 Å². The van der Waals surface area contributed by atoms with Crippen molar-refractivity contribution in [2.75, 3.05) is 0 Å². The van der Waals surface area contributed by atoms with Gasteiger partial charge in [-0.15, -0.1) is 0 Å². The highest BCUT2D eigenvalue weighted by atomic mass is 79.9. The highest BCUT2D eigenvalue weighted by molar-refractivity contribution is 9.10. The van der Waals surface area contributed by atoms with E-state index in [9.17, 15) is 0 Å². The zero-order valence-corrected chi connectivity index (χ0v) is 13.6. The topological polar surface area (TPSA) is 77.8 Å². The summed E-state index contributed by atoms with van der Waals surface area (Å²) in [4.78, 5) is 8.76. The molecule has 0 aliphatic heterocycles. The van der Waals surface area contributed by atoms with Crippen molar-refractivity contribution in [3.05, 3.63) is 28.6 Å². The summed E-state index contributed by atoms with van der Waals surface area (Å²) in [7, 11) is 0. The lowest BCUT2D eigenvalue weighted by Gasteiger charge is -2.34. The van der Waals surface area contributed by atoms with Crippen LogP contribution >= 0.6 is 15.9 Å². The number of hydrogen-bond donors (Lipinski definition) is 1. The van der Waals surface area contributed by atoms with E-state index in [2.05, 4.69) is 38.0 Å². The van der Waals surface area contributed by atoms with Gasteiger partial charge >= 0.3 is 0 Å². The Balaban J connectivity index is 1.84. The Bertz CT molecular complexity index is 620. The molecule has 0 radical (unpaired) electrons. The molecule has 1 aliphatic carbocycles. The molecule has 0 saturated heterocycles. The van der Waals surface area contributed by atoms with Gasteiger partial charge in [-0.3, -0.25) is 0 Å². The summed E-state index contributed by atoms with van der Waals surface area (Å²) < 4.78 is 6.20. The molecule has 2 heterocycles. The van der Waals surface area contributed by atoms with E-state index in [4.69, 9.17) is 10.3 Å². The van der Waals surface area contributed by atoms with E-state index < -0.39 is 5.54 Å². The third kappa shape index (κ3) is 2.87. The lowest BCUT2D eigenvalue weighted by Crippen LogP contribution is -2.41. The molecular formula is C15H19BrN4O. The number of hydrogen-bond acceptors (Lipinski definition) is 5. The molecule has 0 aromatic carbocycles. The monoisotopic (exact) mass is 350 g/mol. The molecule has 2 aromatic rings. The van der Waals surface area contributed by atoms with Crippen LogP contribution in [0.5, 0.6) is 0 Å². The Labute approximate surface area is 132 Å². The second-order valence-electron chi connectivity index (χ2n) is 5.76. The standard InChI is InChI=1S/C15H19BrN4O/c1-2-10-5-7-15(17,8-6-10)14-19-13(21-20-14)12-11(16)4-3-9-18-12/h3-4,9-10H,2,5-8,17H2,1H3. The summed E-state index contributed by atoms with van der Waals surface area (Å²) in [5.74, 6) is 1.79. The predicted octanol–water partition coefficient (Wildman–Crippen LogP) is 3.65. The maximum absolute atomic E-state index is 6.51. The van der Waals surface area contributed by atoms with Gasteiger partial charge in [-0.25, -0.2) is 4.98 Å². The molecule has 6 heteroatoms. The van der Waals surface area contributed by atoms with Crippen molar-refractivity contribution in [1.82, 2.24) is 15.1 Å². The van der Waals surface area contributed by atoms with Gasteiger partial charge in [-0.2, -0.15) is 4.98 Å². The fraction of sp³-hybridized carbons (Fsp3) is 0.533. The predicted molar refractivity (Wildman–Crippen MR) is 83.3 cm³/mol.